The molecule has 0 unspecified atom stereocenters. The minimum absolute atomic E-state index is 0.279. The first-order chi connectivity index (χ1) is 13.3. The summed E-state index contributed by atoms with van der Waals surface area (Å²) in [6.45, 7) is 1.94. The van der Waals surface area contributed by atoms with Gasteiger partial charge in [0.2, 0.25) is 5.95 Å². The van der Waals surface area contributed by atoms with Crippen molar-refractivity contribution in [2.45, 2.75) is 13.3 Å². The quantitative estimate of drug-likeness (QED) is 0.522. The molecule has 144 valence electrons. The summed E-state index contributed by atoms with van der Waals surface area (Å²) in [6.07, 6.45) is -4.71. The van der Waals surface area contributed by atoms with Gasteiger partial charge in [0.25, 0.3) is 0 Å². The Morgan fingerprint density at radius 3 is 2.46 bits per heavy atom. The molecule has 2 aromatic carbocycles. The van der Waals surface area contributed by atoms with E-state index in [1.165, 1.54) is 24.3 Å². The third-order valence-corrected chi connectivity index (χ3v) is 4.13. The van der Waals surface area contributed by atoms with Gasteiger partial charge in [-0.1, -0.05) is 6.07 Å². The predicted octanol–water partition coefficient (Wildman–Crippen LogP) is 4.91. The number of anilines is 2. The van der Waals surface area contributed by atoms with Crippen LogP contribution < -0.4 is 10.1 Å². The van der Waals surface area contributed by atoms with E-state index in [0.29, 0.717) is 11.6 Å². The van der Waals surface area contributed by atoms with Crippen LogP contribution in [0.25, 0.3) is 22.3 Å². The van der Waals surface area contributed by atoms with Gasteiger partial charge in [0, 0.05) is 18.3 Å². The Balaban J connectivity index is 1.56. The van der Waals surface area contributed by atoms with Gasteiger partial charge in [0.15, 0.2) is 0 Å². The number of imidazole rings is 1. The maximum absolute atomic E-state index is 12.2. The highest BCUT2D eigenvalue weighted by molar-refractivity contribution is 5.83. The van der Waals surface area contributed by atoms with Crippen molar-refractivity contribution in [2.24, 2.45) is 7.05 Å². The van der Waals surface area contributed by atoms with Crippen molar-refractivity contribution in [1.29, 1.82) is 0 Å². The Bertz CT molecular complexity index is 1130. The zero-order chi connectivity index (χ0) is 19.9. The van der Waals surface area contributed by atoms with Crippen molar-refractivity contribution >= 4 is 22.7 Å². The number of nitrogens with zero attached hydrogens (tertiary/aromatic N) is 3. The molecule has 4 aromatic rings. The van der Waals surface area contributed by atoms with Crippen LogP contribution in [0.4, 0.5) is 24.8 Å². The minimum atomic E-state index is -4.71. The molecule has 0 bridgehead atoms. The van der Waals surface area contributed by atoms with Crippen LogP contribution in [0, 0.1) is 6.92 Å². The highest BCUT2D eigenvalue weighted by Gasteiger charge is 2.30. The van der Waals surface area contributed by atoms with Gasteiger partial charge in [-0.15, -0.1) is 13.2 Å². The summed E-state index contributed by atoms with van der Waals surface area (Å²) in [5.74, 6) is 0.205. The SMILES string of the molecule is Cc1cc(-c2ccc3nc(Nc4ccc(OC(F)(F)F)cc4)[nH]c3c2)n(C)n1. The van der Waals surface area contributed by atoms with E-state index < -0.39 is 6.36 Å². The lowest BCUT2D eigenvalue weighted by molar-refractivity contribution is -0.274. The molecule has 0 atom stereocenters. The molecule has 0 saturated carbocycles. The summed E-state index contributed by atoms with van der Waals surface area (Å²) in [6, 6.07) is 13.3. The Labute approximate surface area is 158 Å². The van der Waals surface area contributed by atoms with E-state index in [-0.39, 0.29) is 5.75 Å². The number of aromatic amines is 1. The van der Waals surface area contributed by atoms with Gasteiger partial charge in [-0.25, -0.2) is 4.98 Å². The number of alkyl halides is 3. The van der Waals surface area contributed by atoms with Gasteiger partial charge in [-0.2, -0.15) is 5.10 Å². The summed E-state index contributed by atoms with van der Waals surface area (Å²) in [7, 11) is 1.89. The predicted molar refractivity (Wildman–Crippen MR) is 99.4 cm³/mol. The Hall–Kier alpha value is -3.49. The van der Waals surface area contributed by atoms with Crippen LogP contribution in [0.3, 0.4) is 0 Å². The van der Waals surface area contributed by atoms with E-state index in [1.54, 1.807) is 0 Å². The number of fused-ring (bicyclic) bond motifs is 1. The molecule has 0 aliphatic rings. The van der Waals surface area contributed by atoms with E-state index in [1.807, 2.05) is 42.9 Å². The number of aryl methyl sites for hydroxylation is 2. The van der Waals surface area contributed by atoms with Crippen molar-refractivity contribution < 1.29 is 17.9 Å². The van der Waals surface area contributed by atoms with Gasteiger partial charge < -0.3 is 15.0 Å². The zero-order valence-corrected chi connectivity index (χ0v) is 15.0. The summed E-state index contributed by atoms with van der Waals surface area (Å²) >= 11 is 0. The highest BCUT2D eigenvalue weighted by Crippen LogP contribution is 2.27. The minimum Gasteiger partial charge on any atom is -0.406 e. The van der Waals surface area contributed by atoms with Gasteiger partial charge in [-0.3, -0.25) is 4.68 Å². The summed E-state index contributed by atoms with van der Waals surface area (Å²) in [5.41, 5.74) is 5.10. The first-order valence-electron chi connectivity index (χ1n) is 8.40. The molecular weight excluding hydrogens is 371 g/mol. The van der Waals surface area contributed by atoms with Crippen molar-refractivity contribution in [3.05, 3.63) is 54.2 Å². The van der Waals surface area contributed by atoms with Crippen molar-refractivity contribution in [3.8, 4) is 17.0 Å². The highest BCUT2D eigenvalue weighted by atomic mass is 19.4. The lowest BCUT2D eigenvalue weighted by Crippen LogP contribution is -2.16. The molecule has 4 rings (SSSR count). The largest absolute Gasteiger partial charge is 0.573 e. The van der Waals surface area contributed by atoms with E-state index in [0.717, 1.165) is 28.0 Å². The average Bonchev–Trinajstić information content (AvgIpc) is 3.16. The molecule has 0 aliphatic carbocycles. The fraction of sp³-hybridized carbons (Fsp3) is 0.158. The fourth-order valence-corrected chi connectivity index (χ4v) is 2.99. The van der Waals surface area contributed by atoms with Crippen LogP contribution in [0.5, 0.6) is 5.75 Å². The van der Waals surface area contributed by atoms with Crippen LogP contribution in [-0.2, 0) is 7.05 Å². The summed E-state index contributed by atoms with van der Waals surface area (Å²) < 4.78 is 42.4. The normalized spacial score (nSPS) is 11.8. The Morgan fingerprint density at radius 1 is 1.07 bits per heavy atom. The zero-order valence-electron chi connectivity index (χ0n) is 15.0. The molecule has 0 spiro atoms. The maximum Gasteiger partial charge on any atom is 0.573 e. The van der Waals surface area contributed by atoms with E-state index in [9.17, 15) is 13.2 Å². The third-order valence-electron chi connectivity index (χ3n) is 4.13. The smallest absolute Gasteiger partial charge is 0.406 e. The molecule has 2 aromatic heterocycles. The number of benzene rings is 2. The second kappa shape index (κ2) is 6.59. The molecule has 0 amide bonds. The second-order valence-electron chi connectivity index (χ2n) is 6.31. The number of hydrogen-bond acceptors (Lipinski definition) is 4. The molecule has 0 aliphatic heterocycles. The Kier molecular flexibility index (Phi) is 4.21. The number of hydrogen-bond donors (Lipinski definition) is 2. The number of halogens is 3. The molecule has 9 heteroatoms. The van der Waals surface area contributed by atoms with E-state index in [4.69, 9.17) is 0 Å². The van der Waals surface area contributed by atoms with Crippen molar-refractivity contribution in [1.82, 2.24) is 19.7 Å². The second-order valence-corrected chi connectivity index (χ2v) is 6.31. The molecule has 2 N–H and O–H groups in total. The number of H-pyrrole nitrogens is 1. The van der Waals surface area contributed by atoms with Crippen molar-refractivity contribution in [3.63, 3.8) is 0 Å². The first-order valence-corrected chi connectivity index (χ1v) is 8.40. The molecule has 28 heavy (non-hydrogen) atoms. The fourth-order valence-electron chi connectivity index (χ4n) is 2.99. The van der Waals surface area contributed by atoms with E-state index in [2.05, 4.69) is 25.1 Å². The van der Waals surface area contributed by atoms with Crippen LogP contribution >= 0.6 is 0 Å². The number of rotatable bonds is 4. The monoisotopic (exact) mass is 387 g/mol. The first kappa shape index (κ1) is 17.9. The molecule has 0 saturated heterocycles. The topological polar surface area (TPSA) is 67.8 Å². The molecule has 6 nitrogen and oxygen atoms in total. The van der Waals surface area contributed by atoms with E-state index >= 15 is 0 Å². The van der Waals surface area contributed by atoms with Crippen LogP contribution in [0.2, 0.25) is 0 Å². The number of aromatic nitrogens is 4. The molecule has 2 heterocycles. The number of ether oxygens (including phenoxy) is 1. The van der Waals surface area contributed by atoms with Crippen molar-refractivity contribution in [2.75, 3.05) is 5.32 Å². The lowest BCUT2D eigenvalue weighted by Gasteiger charge is -2.09. The number of nitrogens with one attached hydrogen (secondary N) is 2. The van der Waals surface area contributed by atoms with Gasteiger partial charge in [0.05, 0.1) is 22.4 Å². The van der Waals surface area contributed by atoms with Gasteiger partial charge in [0.1, 0.15) is 5.75 Å². The molecule has 0 radical (unpaired) electrons. The summed E-state index contributed by atoms with van der Waals surface area (Å²) in [5, 5.41) is 7.39. The van der Waals surface area contributed by atoms with Gasteiger partial charge >= 0.3 is 6.36 Å². The molecule has 0 fully saturated rings. The Morgan fingerprint density at radius 2 is 1.82 bits per heavy atom. The summed E-state index contributed by atoms with van der Waals surface area (Å²) in [4.78, 5) is 7.62. The maximum atomic E-state index is 12.2. The lowest BCUT2D eigenvalue weighted by atomic mass is 10.1. The van der Waals surface area contributed by atoms with Gasteiger partial charge in [-0.05, 0) is 49.4 Å². The molecular formula is C19H16F3N5O. The van der Waals surface area contributed by atoms with Crippen LogP contribution in [0.1, 0.15) is 5.69 Å². The standard InChI is InChI=1S/C19H16F3N5O/c1-11-9-17(27(2)26-11)12-3-8-15-16(10-12)25-18(24-15)23-13-4-6-14(7-5-13)28-19(20,21)22/h3-10H,1-2H3,(H2,23,24,25). The average molecular weight is 387 g/mol. The van der Waals surface area contributed by atoms with Crippen LogP contribution in [0.15, 0.2) is 48.5 Å². The van der Waals surface area contributed by atoms with Crippen LogP contribution in [-0.4, -0.2) is 26.1 Å². The third kappa shape index (κ3) is 3.78.